The van der Waals surface area contributed by atoms with Crippen LogP contribution in [-0.2, 0) is 0 Å². The standard InChI is InChI=1S/C22H15N5O/c1-11-17(15-10-12(28)6-7-16(15)25-11)22-26-20-13-4-2-8-23-18(13)19-14(21(20)27-22)5-3-9-24-19/h2-10,25,28H,1H3,(H,26,27). The first-order valence-corrected chi connectivity index (χ1v) is 9.03. The van der Waals surface area contributed by atoms with Crippen LogP contribution >= 0.6 is 0 Å². The second-order valence-electron chi connectivity index (χ2n) is 6.96. The number of aromatic nitrogens is 5. The van der Waals surface area contributed by atoms with E-state index in [0.717, 1.165) is 60.8 Å². The number of fused-ring (bicyclic) bond motifs is 7. The van der Waals surface area contributed by atoms with Gasteiger partial charge in [0.1, 0.15) is 11.6 Å². The number of H-pyrrole nitrogens is 2. The van der Waals surface area contributed by atoms with E-state index in [1.165, 1.54) is 0 Å². The van der Waals surface area contributed by atoms with Crippen LogP contribution < -0.4 is 0 Å². The summed E-state index contributed by atoms with van der Waals surface area (Å²) in [5.41, 5.74) is 6.41. The molecule has 0 atom stereocenters. The number of phenols is 1. The van der Waals surface area contributed by atoms with Crippen molar-refractivity contribution in [2.45, 2.75) is 6.92 Å². The van der Waals surface area contributed by atoms with Gasteiger partial charge in [-0.3, -0.25) is 9.97 Å². The van der Waals surface area contributed by atoms with Crippen LogP contribution in [0.4, 0.5) is 0 Å². The lowest BCUT2D eigenvalue weighted by Gasteiger charge is -2.03. The molecule has 6 heteroatoms. The van der Waals surface area contributed by atoms with Crippen molar-refractivity contribution in [1.82, 2.24) is 24.9 Å². The number of benzene rings is 2. The maximum absolute atomic E-state index is 9.97. The largest absolute Gasteiger partial charge is 0.508 e. The van der Waals surface area contributed by atoms with Crippen molar-refractivity contribution in [2.75, 3.05) is 0 Å². The fourth-order valence-corrected chi connectivity index (χ4v) is 4.08. The van der Waals surface area contributed by atoms with Gasteiger partial charge in [0.15, 0.2) is 0 Å². The average molecular weight is 365 g/mol. The van der Waals surface area contributed by atoms with Gasteiger partial charge in [-0.05, 0) is 49.4 Å². The minimum atomic E-state index is 0.230. The number of hydrogen-bond donors (Lipinski definition) is 3. The number of rotatable bonds is 1. The van der Waals surface area contributed by atoms with Crippen molar-refractivity contribution in [3.8, 4) is 17.1 Å². The lowest BCUT2D eigenvalue weighted by atomic mass is 10.1. The first-order valence-electron chi connectivity index (χ1n) is 9.03. The first kappa shape index (κ1) is 15.2. The molecule has 6 rings (SSSR count). The molecule has 0 fully saturated rings. The molecule has 0 aliphatic carbocycles. The molecular weight excluding hydrogens is 350 g/mol. The lowest BCUT2D eigenvalue weighted by Crippen LogP contribution is -1.86. The van der Waals surface area contributed by atoms with E-state index in [4.69, 9.17) is 4.98 Å². The zero-order valence-electron chi connectivity index (χ0n) is 15.0. The summed E-state index contributed by atoms with van der Waals surface area (Å²) in [6, 6.07) is 13.2. The van der Waals surface area contributed by atoms with Crippen molar-refractivity contribution in [2.24, 2.45) is 0 Å². The highest BCUT2D eigenvalue weighted by molar-refractivity contribution is 6.21. The molecule has 6 nitrogen and oxygen atoms in total. The van der Waals surface area contributed by atoms with Crippen molar-refractivity contribution in [3.63, 3.8) is 0 Å². The Morgan fingerprint density at radius 3 is 2.39 bits per heavy atom. The fraction of sp³-hybridized carbons (Fsp3) is 0.0455. The summed E-state index contributed by atoms with van der Waals surface area (Å²) in [5, 5.41) is 12.9. The predicted molar refractivity (Wildman–Crippen MR) is 110 cm³/mol. The molecule has 0 bridgehead atoms. The number of aromatic hydroxyl groups is 1. The Morgan fingerprint density at radius 2 is 1.57 bits per heavy atom. The van der Waals surface area contributed by atoms with E-state index in [-0.39, 0.29) is 5.75 Å². The second-order valence-corrected chi connectivity index (χ2v) is 6.96. The number of pyridine rings is 2. The Morgan fingerprint density at radius 1 is 0.821 bits per heavy atom. The minimum Gasteiger partial charge on any atom is -0.508 e. The first-order chi connectivity index (χ1) is 13.7. The van der Waals surface area contributed by atoms with Crippen molar-refractivity contribution in [3.05, 3.63) is 60.6 Å². The lowest BCUT2D eigenvalue weighted by molar-refractivity contribution is 0.476. The number of aromatic amines is 2. The Hall–Kier alpha value is -3.93. The molecule has 4 heterocycles. The Bertz CT molecular complexity index is 1470. The molecule has 2 aromatic carbocycles. The molecule has 6 aromatic rings. The van der Waals surface area contributed by atoms with Crippen LogP contribution in [0.5, 0.6) is 5.75 Å². The van der Waals surface area contributed by atoms with Gasteiger partial charge in [0.25, 0.3) is 0 Å². The number of nitrogens with one attached hydrogen (secondary N) is 2. The molecule has 0 spiro atoms. The van der Waals surface area contributed by atoms with Gasteiger partial charge in [0.05, 0.1) is 22.1 Å². The molecule has 0 aliphatic rings. The van der Waals surface area contributed by atoms with Crippen molar-refractivity contribution in [1.29, 1.82) is 0 Å². The summed E-state index contributed by atoms with van der Waals surface area (Å²) in [7, 11) is 0. The summed E-state index contributed by atoms with van der Waals surface area (Å²) < 4.78 is 0. The second kappa shape index (κ2) is 5.29. The summed E-state index contributed by atoms with van der Waals surface area (Å²) in [5.74, 6) is 0.985. The van der Waals surface area contributed by atoms with Gasteiger partial charge >= 0.3 is 0 Å². The molecule has 0 saturated heterocycles. The van der Waals surface area contributed by atoms with Crippen LogP contribution in [0.25, 0.3) is 55.1 Å². The van der Waals surface area contributed by atoms with Crippen LogP contribution in [-0.4, -0.2) is 30.0 Å². The number of hydrogen-bond acceptors (Lipinski definition) is 4. The third-order valence-electron chi connectivity index (χ3n) is 5.27. The molecule has 4 aromatic heterocycles. The van der Waals surface area contributed by atoms with Gasteiger partial charge in [-0.2, -0.15) is 0 Å². The SMILES string of the molecule is Cc1[nH]c2ccc(O)cc2c1-c1nc2c3cccnc3c3ncccc3c2[nH]1. The van der Waals surface area contributed by atoms with E-state index in [0.29, 0.717) is 0 Å². The van der Waals surface area contributed by atoms with Gasteiger partial charge in [0, 0.05) is 45.3 Å². The molecule has 0 amide bonds. The smallest absolute Gasteiger partial charge is 0.140 e. The van der Waals surface area contributed by atoms with Crippen LogP contribution in [0, 0.1) is 6.92 Å². The van der Waals surface area contributed by atoms with E-state index < -0.39 is 0 Å². The third kappa shape index (κ3) is 1.94. The molecule has 0 saturated carbocycles. The van der Waals surface area contributed by atoms with Crippen molar-refractivity contribution < 1.29 is 5.11 Å². The molecule has 0 radical (unpaired) electrons. The van der Waals surface area contributed by atoms with Crippen LogP contribution in [0.3, 0.4) is 0 Å². The van der Waals surface area contributed by atoms with E-state index >= 15 is 0 Å². The van der Waals surface area contributed by atoms with Crippen molar-refractivity contribution >= 4 is 43.7 Å². The molecule has 134 valence electrons. The predicted octanol–water partition coefficient (Wildman–Crippen LogP) is 4.82. The summed E-state index contributed by atoms with van der Waals surface area (Å²) in [6.07, 6.45) is 3.56. The maximum atomic E-state index is 9.97. The monoisotopic (exact) mass is 365 g/mol. The Kier molecular flexibility index (Phi) is 2.87. The van der Waals surface area contributed by atoms with Gasteiger partial charge in [-0.15, -0.1) is 0 Å². The van der Waals surface area contributed by atoms with Crippen LogP contribution in [0.15, 0.2) is 54.9 Å². The van der Waals surface area contributed by atoms with Gasteiger partial charge in [-0.25, -0.2) is 4.98 Å². The van der Waals surface area contributed by atoms with Gasteiger partial charge in [0.2, 0.25) is 0 Å². The highest BCUT2D eigenvalue weighted by atomic mass is 16.3. The third-order valence-corrected chi connectivity index (χ3v) is 5.27. The number of aryl methyl sites for hydroxylation is 1. The molecule has 0 aliphatic heterocycles. The maximum Gasteiger partial charge on any atom is 0.140 e. The quantitative estimate of drug-likeness (QED) is 0.364. The zero-order valence-corrected chi connectivity index (χ0v) is 15.0. The zero-order chi connectivity index (χ0) is 18.8. The number of nitrogens with zero attached hydrogens (tertiary/aromatic N) is 3. The van der Waals surface area contributed by atoms with E-state index in [1.54, 1.807) is 24.5 Å². The van der Waals surface area contributed by atoms with Crippen LogP contribution in [0.2, 0.25) is 0 Å². The van der Waals surface area contributed by atoms with Gasteiger partial charge in [-0.1, -0.05) is 0 Å². The molecule has 28 heavy (non-hydrogen) atoms. The highest BCUT2D eigenvalue weighted by Gasteiger charge is 2.18. The van der Waals surface area contributed by atoms with E-state index in [9.17, 15) is 5.11 Å². The fourth-order valence-electron chi connectivity index (χ4n) is 4.08. The highest BCUT2D eigenvalue weighted by Crippen LogP contribution is 2.37. The Labute approximate surface area is 158 Å². The van der Waals surface area contributed by atoms with Gasteiger partial charge < -0.3 is 15.1 Å². The Balaban J connectivity index is 1.78. The van der Waals surface area contributed by atoms with E-state index in [2.05, 4.69) is 19.9 Å². The number of phenolic OH excluding ortho intramolecular Hbond substituents is 1. The topological polar surface area (TPSA) is 90.5 Å². The molecule has 0 unspecified atom stereocenters. The average Bonchev–Trinajstić information content (AvgIpc) is 3.28. The minimum absolute atomic E-state index is 0.230. The summed E-state index contributed by atoms with van der Waals surface area (Å²) >= 11 is 0. The number of imidazole rings is 1. The van der Waals surface area contributed by atoms with Crippen LogP contribution in [0.1, 0.15) is 5.69 Å². The summed E-state index contributed by atoms with van der Waals surface area (Å²) in [4.78, 5) is 20.9. The summed E-state index contributed by atoms with van der Waals surface area (Å²) in [6.45, 7) is 2.01. The molecular formula is C22H15N5O. The normalized spacial score (nSPS) is 11.9. The molecule has 3 N–H and O–H groups in total. The van der Waals surface area contributed by atoms with E-state index in [1.807, 2.05) is 37.3 Å².